The molecular weight excluding hydrogens is 426 g/mol. The highest BCUT2D eigenvalue weighted by Gasteiger charge is 2.23. The fraction of sp³-hybridized carbons (Fsp3) is 0.409. The molecule has 10 heteroatoms. The lowest BCUT2D eigenvalue weighted by molar-refractivity contribution is -0.115. The topological polar surface area (TPSA) is 99.1 Å². The number of nitrogens with zero attached hydrogens (tertiary/aromatic N) is 6. The highest BCUT2D eigenvalue weighted by atomic mass is 32.2. The summed E-state index contributed by atoms with van der Waals surface area (Å²) in [6, 6.07) is 7.44. The number of benzene rings is 1. The molecule has 4 aromatic rings. The summed E-state index contributed by atoms with van der Waals surface area (Å²) in [6.45, 7) is 8.27. The summed E-state index contributed by atoms with van der Waals surface area (Å²) in [7, 11) is 1.85. The van der Waals surface area contributed by atoms with Crippen molar-refractivity contribution in [2.45, 2.75) is 57.5 Å². The maximum Gasteiger partial charge on any atom is 0.262 e. The van der Waals surface area contributed by atoms with Gasteiger partial charge in [-0.05, 0) is 39.3 Å². The summed E-state index contributed by atoms with van der Waals surface area (Å²) in [5.41, 5.74) is 3.06. The number of carbonyl (C=O) groups excluding carboxylic acids is 1. The van der Waals surface area contributed by atoms with Crippen molar-refractivity contribution >= 4 is 40.0 Å². The monoisotopic (exact) mass is 453 g/mol. The van der Waals surface area contributed by atoms with Gasteiger partial charge in [0.2, 0.25) is 11.7 Å². The number of thioether (sulfide) groups is 1. The number of aromatic nitrogens is 6. The zero-order chi connectivity index (χ0) is 23.0. The van der Waals surface area contributed by atoms with E-state index in [1.165, 1.54) is 11.8 Å². The molecule has 0 spiro atoms. The standard InChI is InChI=1S/C22H27N7O2S/c1-6-7-12-28-20(31)16-10-8-9-11-17(16)29-21(28)24-25-22(29)32-15(4)19(30)23-18-13(2)26-27(5)14(18)3/h8-11,15H,6-7,12H2,1-5H3,(H,23,30). The van der Waals surface area contributed by atoms with E-state index in [0.717, 1.165) is 35.4 Å². The minimum absolute atomic E-state index is 0.0705. The van der Waals surface area contributed by atoms with E-state index in [0.29, 0.717) is 22.9 Å². The van der Waals surface area contributed by atoms with Crippen LogP contribution in [-0.2, 0) is 18.4 Å². The SMILES string of the molecule is CCCCn1c(=O)c2ccccc2n2c(SC(C)C(=O)Nc3c(C)nn(C)c3C)nnc12. The second-order valence-electron chi connectivity index (χ2n) is 7.86. The zero-order valence-electron chi connectivity index (χ0n) is 18.9. The van der Waals surface area contributed by atoms with Gasteiger partial charge in [-0.1, -0.05) is 37.2 Å². The van der Waals surface area contributed by atoms with E-state index in [2.05, 4.69) is 27.5 Å². The van der Waals surface area contributed by atoms with Crippen molar-refractivity contribution in [3.63, 3.8) is 0 Å². The molecular formula is C22H27N7O2S. The largest absolute Gasteiger partial charge is 0.322 e. The Balaban J connectivity index is 1.71. The van der Waals surface area contributed by atoms with Crippen LogP contribution in [0.2, 0.25) is 0 Å². The number of fused-ring (bicyclic) bond motifs is 3. The molecule has 1 N–H and O–H groups in total. The second kappa shape index (κ2) is 8.78. The van der Waals surface area contributed by atoms with Crippen LogP contribution in [0.1, 0.15) is 38.1 Å². The van der Waals surface area contributed by atoms with Crippen molar-refractivity contribution in [2.24, 2.45) is 7.05 Å². The molecule has 1 atom stereocenters. The highest BCUT2D eigenvalue weighted by Crippen LogP contribution is 2.27. The molecule has 3 heterocycles. The molecule has 1 amide bonds. The van der Waals surface area contributed by atoms with Gasteiger partial charge in [-0.2, -0.15) is 5.10 Å². The first-order valence-electron chi connectivity index (χ1n) is 10.7. The summed E-state index contributed by atoms with van der Waals surface area (Å²) in [4.78, 5) is 26.0. The lowest BCUT2D eigenvalue weighted by Gasteiger charge is -2.13. The lowest BCUT2D eigenvalue weighted by Crippen LogP contribution is -2.24. The summed E-state index contributed by atoms with van der Waals surface area (Å²) >= 11 is 1.31. The van der Waals surface area contributed by atoms with Crippen LogP contribution in [0.5, 0.6) is 0 Å². The van der Waals surface area contributed by atoms with Gasteiger partial charge < -0.3 is 5.32 Å². The van der Waals surface area contributed by atoms with Crippen molar-refractivity contribution in [1.29, 1.82) is 0 Å². The molecule has 168 valence electrons. The third-order valence-electron chi connectivity index (χ3n) is 5.62. The number of para-hydroxylation sites is 1. The first kappa shape index (κ1) is 22.1. The van der Waals surface area contributed by atoms with Crippen molar-refractivity contribution < 1.29 is 4.79 Å². The van der Waals surface area contributed by atoms with Crippen LogP contribution in [0.15, 0.2) is 34.2 Å². The minimum Gasteiger partial charge on any atom is -0.322 e. The average Bonchev–Trinajstić information content (AvgIpc) is 3.29. The van der Waals surface area contributed by atoms with E-state index < -0.39 is 5.25 Å². The number of unbranched alkanes of at least 4 members (excludes halogenated alkanes) is 1. The van der Waals surface area contributed by atoms with E-state index >= 15 is 0 Å². The molecule has 0 radical (unpaired) electrons. The predicted molar refractivity (Wildman–Crippen MR) is 126 cm³/mol. The smallest absolute Gasteiger partial charge is 0.262 e. The Morgan fingerprint density at radius 2 is 1.97 bits per heavy atom. The van der Waals surface area contributed by atoms with Crippen LogP contribution in [0, 0.1) is 13.8 Å². The number of rotatable bonds is 7. The van der Waals surface area contributed by atoms with Gasteiger partial charge in [0.05, 0.1) is 33.2 Å². The fourth-order valence-electron chi connectivity index (χ4n) is 3.72. The first-order valence-corrected chi connectivity index (χ1v) is 11.6. The van der Waals surface area contributed by atoms with Crippen LogP contribution in [0.25, 0.3) is 16.7 Å². The molecule has 0 aliphatic heterocycles. The van der Waals surface area contributed by atoms with Gasteiger partial charge in [0.15, 0.2) is 5.16 Å². The minimum atomic E-state index is -0.434. The second-order valence-corrected chi connectivity index (χ2v) is 9.17. The Hall–Kier alpha value is -3.14. The molecule has 0 saturated heterocycles. The Kier molecular flexibility index (Phi) is 6.05. The Bertz CT molecular complexity index is 1370. The molecule has 0 bridgehead atoms. The maximum atomic E-state index is 13.1. The Morgan fingerprint density at radius 1 is 1.22 bits per heavy atom. The quantitative estimate of drug-likeness (QED) is 0.431. The lowest BCUT2D eigenvalue weighted by atomic mass is 10.2. The molecule has 0 saturated carbocycles. The van der Waals surface area contributed by atoms with E-state index in [1.807, 2.05) is 56.5 Å². The third kappa shape index (κ3) is 3.79. The summed E-state index contributed by atoms with van der Waals surface area (Å²) in [6.07, 6.45) is 1.83. The molecule has 0 fully saturated rings. The highest BCUT2D eigenvalue weighted by molar-refractivity contribution is 8.00. The van der Waals surface area contributed by atoms with Crippen LogP contribution in [0.4, 0.5) is 5.69 Å². The van der Waals surface area contributed by atoms with E-state index in [-0.39, 0.29) is 11.5 Å². The van der Waals surface area contributed by atoms with Crippen molar-refractivity contribution in [3.8, 4) is 0 Å². The number of hydrogen-bond acceptors (Lipinski definition) is 6. The average molecular weight is 454 g/mol. The van der Waals surface area contributed by atoms with E-state index in [1.54, 1.807) is 9.25 Å². The number of nitrogens with one attached hydrogen (secondary N) is 1. The first-order chi connectivity index (χ1) is 15.3. The molecule has 1 aromatic carbocycles. The van der Waals surface area contributed by atoms with Gasteiger partial charge in [-0.25, -0.2) is 0 Å². The third-order valence-corrected chi connectivity index (χ3v) is 6.66. The Labute approximate surface area is 189 Å². The molecule has 1 unspecified atom stereocenters. The van der Waals surface area contributed by atoms with Gasteiger partial charge >= 0.3 is 0 Å². The summed E-state index contributed by atoms with van der Waals surface area (Å²) in [5, 5.41) is 16.8. The van der Waals surface area contributed by atoms with Gasteiger partial charge in [-0.15, -0.1) is 10.2 Å². The predicted octanol–water partition coefficient (Wildman–Crippen LogP) is 3.31. The number of hydrogen-bond donors (Lipinski definition) is 1. The molecule has 0 aliphatic carbocycles. The molecule has 9 nitrogen and oxygen atoms in total. The molecule has 4 rings (SSSR count). The fourth-order valence-corrected chi connectivity index (χ4v) is 4.57. The van der Waals surface area contributed by atoms with E-state index in [4.69, 9.17) is 0 Å². The number of amides is 1. The molecule has 0 aliphatic rings. The number of aryl methyl sites for hydroxylation is 3. The molecule has 32 heavy (non-hydrogen) atoms. The van der Waals surface area contributed by atoms with Crippen LogP contribution in [-0.4, -0.2) is 40.1 Å². The van der Waals surface area contributed by atoms with Crippen LogP contribution >= 0.6 is 11.8 Å². The Morgan fingerprint density at radius 3 is 2.66 bits per heavy atom. The van der Waals surface area contributed by atoms with Crippen LogP contribution < -0.4 is 10.9 Å². The summed E-state index contributed by atoms with van der Waals surface area (Å²) in [5.74, 6) is 0.353. The van der Waals surface area contributed by atoms with Gasteiger partial charge in [0.1, 0.15) is 0 Å². The number of carbonyl (C=O) groups is 1. The normalized spacial score (nSPS) is 12.5. The van der Waals surface area contributed by atoms with Gasteiger partial charge in [0.25, 0.3) is 5.56 Å². The number of anilines is 1. The zero-order valence-corrected chi connectivity index (χ0v) is 19.7. The van der Waals surface area contributed by atoms with Gasteiger partial charge in [-0.3, -0.25) is 23.2 Å². The van der Waals surface area contributed by atoms with Crippen molar-refractivity contribution in [1.82, 2.24) is 28.9 Å². The van der Waals surface area contributed by atoms with E-state index in [9.17, 15) is 9.59 Å². The molecule has 3 aromatic heterocycles. The van der Waals surface area contributed by atoms with Gasteiger partial charge in [0, 0.05) is 13.6 Å². The summed E-state index contributed by atoms with van der Waals surface area (Å²) < 4.78 is 5.30. The van der Waals surface area contributed by atoms with Crippen LogP contribution in [0.3, 0.4) is 0 Å². The maximum absolute atomic E-state index is 13.1. The van der Waals surface area contributed by atoms with Crippen molar-refractivity contribution in [3.05, 3.63) is 46.0 Å². The van der Waals surface area contributed by atoms with Crippen molar-refractivity contribution in [2.75, 3.05) is 5.32 Å².